The van der Waals surface area contributed by atoms with Crippen molar-refractivity contribution in [1.82, 2.24) is 4.90 Å². The van der Waals surface area contributed by atoms with Crippen molar-refractivity contribution in [3.05, 3.63) is 65.7 Å². The van der Waals surface area contributed by atoms with Crippen LogP contribution in [-0.4, -0.2) is 49.5 Å². The Hall–Kier alpha value is -3.45. The zero-order valence-corrected chi connectivity index (χ0v) is 18.1. The highest BCUT2D eigenvalue weighted by molar-refractivity contribution is 5.94. The van der Waals surface area contributed by atoms with E-state index in [4.69, 9.17) is 14.2 Å². The molecule has 1 fully saturated rings. The topological polar surface area (TPSA) is 91.3 Å². The molecule has 2 atom stereocenters. The monoisotopic (exact) mass is 436 g/mol. The van der Waals surface area contributed by atoms with Gasteiger partial charge in [0.1, 0.15) is 23.3 Å². The van der Waals surface area contributed by atoms with Gasteiger partial charge in [0.2, 0.25) is 0 Å². The van der Waals surface area contributed by atoms with Gasteiger partial charge < -0.3 is 34.1 Å². The first-order valence-corrected chi connectivity index (χ1v) is 10.5. The summed E-state index contributed by atoms with van der Waals surface area (Å²) in [4.78, 5) is 12.8. The fraction of sp³-hybridized carbons (Fsp3) is 0.320. The molecule has 1 heterocycles. The van der Waals surface area contributed by atoms with E-state index in [-0.39, 0.29) is 30.9 Å². The number of benzene rings is 3. The summed E-state index contributed by atoms with van der Waals surface area (Å²) in [5.41, 5.74) is 1.81. The van der Waals surface area contributed by atoms with Crippen LogP contribution in [0.15, 0.2) is 54.6 Å². The molecule has 1 aliphatic rings. The molecule has 0 saturated carbocycles. The van der Waals surface area contributed by atoms with Crippen molar-refractivity contribution in [1.29, 1.82) is 0 Å². The number of hydrogen-bond acceptors (Lipinski definition) is 6. The Morgan fingerprint density at radius 1 is 1.09 bits per heavy atom. The molecule has 0 bridgehead atoms. The number of hydrogen-bond donors (Lipinski definition) is 1. The third kappa shape index (κ3) is 4.29. The number of ether oxygens (including phenoxy) is 3. The van der Waals surface area contributed by atoms with Crippen molar-refractivity contribution < 1.29 is 29.2 Å². The van der Waals surface area contributed by atoms with E-state index < -0.39 is 6.09 Å². The highest BCUT2D eigenvalue weighted by Crippen LogP contribution is 2.38. The molecule has 32 heavy (non-hydrogen) atoms. The highest BCUT2D eigenvalue weighted by Gasteiger charge is 2.31. The van der Waals surface area contributed by atoms with E-state index in [9.17, 15) is 15.0 Å². The van der Waals surface area contributed by atoms with Crippen molar-refractivity contribution in [3.8, 4) is 17.2 Å². The molecule has 0 aliphatic carbocycles. The van der Waals surface area contributed by atoms with Gasteiger partial charge in [-0.1, -0.05) is 36.4 Å². The third-order valence-electron chi connectivity index (χ3n) is 6.05. The second-order valence-electron chi connectivity index (χ2n) is 7.86. The smallest absolute Gasteiger partial charge is 0.137 e. The van der Waals surface area contributed by atoms with Gasteiger partial charge in [0.25, 0.3) is 0 Å². The number of aromatic hydroxyl groups is 1. The van der Waals surface area contributed by atoms with E-state index in [2.05, 4.69) is 0 Å². The summed E-state index contributed by atoms with van der Waals surface area (Å²) in [5, 5.41) is 23.0. The van der Waals surface area contributed by atoms with Gasteiger partial charge in [-0.25, -0.2) is 0 Å². The van der Waals surface area contributed by atoms with Gasteiger partial charge in [-0.15, -0.1) is 0 Å². The lowest BCUT2D eigenvalue weighted by molar-refractivity contribution is -0.268. The number of carbonyl (C=O) groups excluding carboxylic acids is 1. The molecule has 1 aliphatic heterocycles. The van der Waals surface area contributed by atoms with E-state index in [0.29, 0.717) is 18.7 Å². The van der Waals surface area contributed by atoms with Crippen LogP contribution in [0.5, 0.6) is 17.2 Å². The fourth-order valence-corrected chi connectivity index (χ4v) is 4.44. The molecule has 3 aromatic rings. The molecule has 4 rings (SSSR count). The molecule has 168 valence electrons. The maximum absolute atomic E-state index is 11.5. The van der Waals surface area contributed by atoms with Crippen LogP contribution in [-0.2, 0) is 11.3 Å². The predicted octanol–water partition coefficient (Wildman–Crippen LogP) is 3.28. The number of piperidine rings is 1. The van der Waals surface area contributed by atoms with E-state index in [1.165, 1.54) is 4.90 Å². The van der Waals surface area contributed by atoms with Gasteiger partial charge in [0, 0.05) is 35.3 Å². The number of methoxy groups -OCH3 is 2. The number of rotatable bonds is 6. The SMILES string of the molecule is COc1cc(COC2CN(C(=O)[O-])CCC2c2ccc(O)cc2)c(OC)c2ccccc12. The van der Waals surface area contributed by atoms with Gasteiger partial charge in [-0.3, -0.25) is 0 Å². The Morgan fingerprint density at radius 2 is 1.81 bits per heavy atom. The maximum Gasteiger partial charge on any atom is 0.137 e. The minimum atomic E-state index is -1.20. The van der Waals surface area contributed by atoms with Crippen molar-refractivity contribution >= 4 is 16.9 Å². The summed E-state index contributed by atoms with van der Waals surface area (Å²) >= 11 is 0. The summed E-state index contributed by atoms with van der Waals surface area (Å²) in [6.07, 6.45) is -0.984. The first-order chi connectivity index (χ1) is 15.5. The van der Waals surface area contributed by atoms with Crippen molar-refractivity contribution in [2.75, 3.05) is 27.3 Å². The molecule has 1 saturated heterocycles. The van der Waals surface area contributed by atoms with Crippen LogP contribution in [0.2, 0.25) is 0 Å². The van der Waals surface area contributed by atoms with Crippen LogP contribution in [0.3, 0.4) is 0 Å². The summed E-state index contributed by atoms with van der Waals surface area (Å²) in [7, 11) is 3.24. The number of likely N-dealkylation sites (tertiary alicyclic amines) is 1. The molecular weight excluding hydrogens is 410 g/mol. The molecule has 1 N–H and O–H groups in total. The minimum absolute atomic E-state index is 0.0143. The van der Waals surface area contributed by atoms with Crippen LogP contribution >= 0.6 is 0 Å². The normalized spacial score (nSPS) is 18.5. The summed E-state index contributed by atoms with van der Waals surface area (Å²) in [6, 6.07) is 16.7. The molecule has 7 nitrogen and oxygen atoms in total. The number of carboxylic acid groups (broad SMARTS) is 1. The van der Waals surface area contributed by atoms with Crippen LogP contribution in [0.25, 0.3) is 10.8 Å². The summed E-state index contributed by atoms with van der Waals surface area (Å²) in [5.74, 6) is 1.59. The summed E-state index contributed by atoms with van der Waals surface area (Å²) in [6.45, 7) is 0.812. The van der Waals surface area contributed by atoms with Crippen molar-refractivity contribution in [3.63, 3.8) is 0 Å². The van der Waals surface area contributed by atoms with Gasteiger partial charge in [0.05, 0.1) is 26.9 Å². The van der Waals surface area contributed by atoms with Crippen LogP contribution < -0.4 is 14.6 Å². The van der Waals surface area contributed by atoms with E-state index in [1.807, 2.05) is 42.5 Å². The van der Waals surface area contributed by atoms with Crippen LogP contribution in [0.1, 0.15) is 23.5 Å². The van der Waals surface area contributed by atoms with Gasteiger partial charge in [0.15, 0.2) is 0 Å². The first-order valence-electron chi connectivity index (χ1n) is 10.5. The first kappa shape index (κ1) is 21.8. The Labute approximate surface area is 186 Å². The number of nitrogens with zero attached hydrogens (tertiary/aromatic N) is 1. The van der Waals surface area contributed by atoms with Crippen LogP contribution in [0.4, 0.5) is 4.79 Å². The number of fused-ring (bicyclic) bond motifs is 1. The van der Waals surface area contributed by atoms with Gasteiger partial charge in [-0.2, -0.15) is 0 Å². The highest BCUT2D eigenvalue weighted by atomic mass is 16.5. The second-order valence-corrected chi connectivity index (χ2v) is 7.86. The molecule has 0 spiro atoms. The number of amides is 1. The lowest BCUT2D eigenvalue weighted by atomic mass is 9.87. The molecular formula is C25H26NO6-. The lowest BCUT2D eigenvalue weighted by Crippen LogP contribution is -2.51. The Kier molecular flexibility index (Phi) is 6.37. The van der Waals surface area contributed by atoms with Crippen molar-refractivity contribution in [2.24, 2.45) is 0 Å². The molecule has 0 aromatic heterocycles. The maximum atomic E-state index is 11.5. The lowest BCUT2D eigenvalue weighted by Gasteiger charge is -2.40. The Bertz CT molecular complexity index is 1100. The van der Waals surface area contributed by atoms with E-state index in [0.717, 1.165) is 27.6 Å². The molecule has 1 amide bonds. The predicted molar refractivity (Wildman–Crippen MR) is 118 cm³/mol. The van der Waals surface area contributed by atoms with Gasteiger partial charge in [-0.05, 0) is 30.2 Å². The zero-order chi connectivity index (χ0) is 22.7. The zero-order valence-electron chi connectivity index (χ0n) is 18.1. The number of carbonyl (C=O) groups is 1. The van der Waals surface area contributed by atoms with E-state index >= 15 is 0 Å². The Morgan fingerprint density at radius 3 is 2.47 bits per heavy atom. The largest absolute Gasteiger partial charge is 0.530 e. The molecule has 2 unspecified atom stereocenters. The fourth-order valence-electron chi connectivity index (χ4n) is 4.44. The quantitative estimate of drug-likeness (QED) is 0.638. The third-order valence-corrected chi connectivity index (χ3v) is 6.05. The van der Waals surface area contributed by atoms with Crippen molar-refractivity contribution in [2.45, 2.75) is 25.0 Å². The van der Waals surface area contributed by atoms with Crippen LogP contribution in [0, 0.1) is 0 Å². The number of phenols is 1. The number of phenolic OH excluding ortho intramolecular Hbond substituents is 1. The molecule has 0 radical (unpaired) electrons. The van der Waals surface area contributed by atoms with Gasteiger partial charge >= 0.3 is 0 Å². The Balaban J connectivity index is 1.63. The average Bonchev–Trinajstić information content (AvgIpc) is 2.82. The second kappa shape index (κ2) is 9.36. The molecule has 7 heteroatoms. The molecule has 3 aromatic carbocycles. The minimum Gasteiger partial charge on any atom is -0.530 e. The van der Waals surface area contributed by atoms with E-state index in [1.54, 1.807) is 26.4 Å². The average molecular weight is 436 g/mol. The standard InChI is InChI=1S/C25H27NO6/c1-30-22-13-17(24(31-2)21-6-4-3-5-20(21)22)15-32-23-14-26(25(28)29)12-11-19(23)16-7-9-18(27)10-8-16/h3-10,13,19,23,27H,11-12,14-15H2,1-2H3,(H,28,29)/p-1. The summed E-state index contributed by atoms with van der Waals surface area (Å²) < 4.78 is 17.6.